The fraction of sp³-hybridized carbons (Fsp3) is 0.292. The van der Waals surface area contributed by atoms with Gasteiger partial charge in [-0.25, -0.2) is 4.68 Å². The number of carbonyl (C=O) groups is 1. The number of halogens is 1. The van der Waals surface area contributed by atoms with Crippen LogP contribution < -0.4 is 10.2 Å². The number of carbonyl (C=O) groups excluding carboxylic acids is 1. The highest BCUT2D eigenvalue weighted by Crippen LogP contribution is 2.34. The molecule has 3 heterocycles. The topological polar surface area (TPSA) is 63.1 Å². The molecule has 1 N–H and O–H groups in total. The van der Waals surface area contributed by atoms with E-state index in [2.05, 4.69) is 15.3 Å². The third-order valence-electron chi connectivity index (χ3n) is 5.89. The summed E-state index contributed by atoms with van der Waals surface area (Å²) in [7, 11) is 0. The quantitative estimate of drug-likeness (QED) is 0.425. The van der Waals surface area contributed by atoms with E-state index in [1.165, 1.54) is 0 Å². The zero-order valence-corrected chi connectivity index (χ0v) is 19.6. The van der Waals surface area contributed by atoms with Gasteiger partial charge in [-0.15, -0.1) is 0 Å². The molecule has 4 aromatic rings. The number of aryl methyl sites for hydroxylation is 2. The first-order valence-electron chi connectivity index (χ1n) is 10.7. The summed E-state index contributed by atoms with van der Waals surface area (Å²) in [6, 6.07) is 15.6. The van der Waals surface area contributed by atoms with Crippen molar-refractivity contribution in [3.63, 3.8) is 0 Å². The summed E-state index contributed by atoms with van der Waals surface area (Å²) in [6.45, 7) is 5.53. The first-order chi connectivity index (χ1) is 15.5. The number of fused-ring (bicyclic) bond motifs is 1. The second-order valence-electron chi connectivity index (χ2n) is 8.22. The molecule has 32 heavy (non-hydrogen) atoms. The number of aromatic nitrogens is 3. The lowest BCUT2D eigenvalue weighted by Gasteiger charge is -2.31. The van der Waals surface area contributed by atoms with Crippen LogP contribution in [-0.2, 0) is 4.79 Å². The molecule has 2 aromatic heterocycles. The van der Waals surface area contributed by atoms with Crippen LogP contribution in [0, 0.1) is 19.8 Å². The zero-order valence-electron chi connectivity index (χ0n) is 18.0. The van der Waals surface area contributed by atoms with Gasteiger partial charge in [-0.3, -0.25) is 4.79 Å². The molecule has 164 valence electrons. The van der Waals surface area contributed by atoms with Crippen molar-refractivity contribution in [1.29, 1.82) is 0 Å². The van der Waals surface area contributed by atoms with Crippen molar-refractivity contribution in [3.05, 3.63) is 64.8 Å². The van der Waals surface area contributed by atoms with Crippen molar-refractivity contribution in [2.45, 2.75) is 26.7 Å². The molecular formula is C24H24ClN5OS. The highest BCUT2D eigenvalue weighted by Gasteiger charge is 2.28. The van der Waals surface area contributed by atoms with E-state index >= 15 is 0 Å². The van der Waals surface area contributed by atoms with E-state index in [-0.39, 0.29) is 11.8 Å². The standard InChI is InChI=1S/C24H24ClN5OS/c1-15-13-18(25)10-11-20(15)26-23(31)17-7-6-12-29(14-17)24-27-22-21(32-24)16(2)28-30(22)19-8-4-3-5-9-19/h3-5,8-11,13,17H,6-7,12,14H2,1-2H3,(H,26,31). The van der Waals surface area contributed by atoms with Crippen LogP contribution in [0.2, 0.25) is 5.02 Å². The van der Waals surface area contributed by atoms with Crippen LogP contribution in [-0.4, -0.2) is 33.8 Å². The van der Waals surface area contributed by atoms with Crippen LogP contribution in [0.15, 0.2) is 48.5 Å². The van der Waals surface area contributed by atoms with Gasteiger partial charge in [-0.2, -0.15) is 10.1 Å². The summed E-state index contributed by atoms with van der Waals surface area (Å²) < 4.78 is 2.99. The van der Waals surface area contributed by atoms with Gasteiger partial charge in [0.15, 0.2) is 10.8 Å². The fourth-order valence-corrected chi connectivity index (χ4v) is 5.42. The monoisotopic (exact) mass is 465 g/mol. The SMILES string of the molecule is Cc1cc(Cl)ccc1NC(=O)C1CCCN(c2nc3c(s2)c(C)nn3-c2ccccc2)C1. The Kier molecular flexibility index (Phi) is 5.61. The normalized spacial score (nSPS) is 16.5. The highest BCUT2D eigenvalue weighted by molar-refractivity contribution is 7.22. The van der Waals surface area contributed by atoms with Gasteiger partial charge < -0.3 is 10.2 Å². The number of hydrogen-bond donors (Lipinski definition) is 1. The summed E-state index contributed by atoms with van der Waals surface area (Å²) >= 11 is 7.70. The Morgan fingerprint density at radius 2 is 2.00 bits per heavy atom. The number of nitrogens with zero attached hydrogens (tertiary/aromatic N) is 4. The number of nitrogens with one attached hydrogen (secondary N) is 1. The first kappa shape index (κ1) is 21.0. The van der Waals surface area contributed by atoms with E-state index in [1.807, 2.05) is 61.0 Å². The van der Waals surface area contributed by atoms with Crippen LogP contribution in [0.5, 0.6) is 0 Å². The second kappa shape index (κ2) is 8.56. The van der Waals surface area contributed by atoms with E-state index < -0.39 is 0 Å². The van der Waals surface area contributed by atoms with Crippen LogP contribution in [0.1, 0.15) is 24.1 Å². The molecule has 1 fully saturated rings. The van der Waals surface area contributed by atoms with Gasteiger partial charge in [0.2, 0.25) is 5.91 Å². The smallest absolute Gasteiger partial charge is 0.229 e. The molecule has 1 unspecified atom stereocenters. The Balaban J connectivity index is 1.37. The van der Waals surface area contributed by atoms with Gasteiger partial charge >= 0.3 is 0 Å². The third kappa shape index (κ3) is 3.98. The lowest BCUT2D eigenvalue weighted by molar-refractivity contribution is -0.120. The molecule has 0 radical (unpaired) electrons. The number of hydrogen-bond acceptors (Lipinski definition) is 5. The Labute approximate surface area is 195 Å². The molecule has 0 bridgehead atoms. The largest absolute Gasteiger partial charge is 0.347 e. The maximum Gasteiger partial charge on any atom is 0.229 e. The number of amides is 1. The van der Waals surface area contributed by atoms with Crippen LogP contribution in [0.4, 0.5) is 10.8 Å². The van der Waals surface area contributed by atoms with Crippen molar-refractivity contribution < 1.29 is 4.79 Å². The molecule has 1 saturated heterocycles. The summed E-state index contributed by atoms with van der Waals surface area (Å²) in [4.78, 5) is 20.2. The Hall–Kier alpha value is -2.90. The predicted molar refractivity (Wildman–Crippen MR) is 131 cm³/mol. The molecular weight excluding hydrogens is 442 g/mol. The fourth-order valence-electron chi connectivity index (χ4n) is 4.17. The minimum Gasteiger partial charge on any atom is -0.347 e. The maximum absolute atomic E-state index is 13.0. The Morgan fingerprint density at radius 3 is 2.78 bits per heavy atom. The zero-order chi connectivity index (χ0) is 22.2. The van der Waals surface area contributed by atoms with Crippen molar-refractivity contribution in [3.8, 4) is 5.69 Å². The molecule has 8 heteroatoms. The van der Waals surface area contributed by atoms with E-state index in [4.69, 9.17) is 16.6 Å². The summed E-state index contributed by atoms with van der Waals surface area (Å²) in [5.41, 5.74) is 4.62. The second-order valence-corrected chi connectivity index (χ2v) is 9.63. The van der Waals surface area contributed by atoms with E-state index in [1.54, 1.807) is 17.4 Å². The van der Waals surface area contributed by atoms with Gasteiger partial charge in [-0.05, 0) is 62.6 Å². The van der Waals surface area contributed by atoms with E-state index in [9.17, 15) is 4.79 Å². The van der Waals surface area contributed by atoms with E-state index in [0.29, 0.717) is 11.6 Å². The van der Waals surface area contributed by atoms with Gasteiger partial charge in [0.05, 0.1) is 22.0 Å². The molecule has 1 amide bonds. The number of anilines is 2. The maximum atomic E-state index is 13.0. The number of para-hydroxylation sites is 1. The first-order valence-corrected chi connectivity index (χ1v) is 11.9. The lowest BCUT2D eigenvalue weighted by atomic mass is 9.97. The average molecular weight is 466 g/mol. The lowest BCUT2D eigenvalue weighted by Crippen LogP contribution is -2.40. The number of thiazole rings is 1. The molecule has 6 nitrogen and oxygen atoms in total. The van der Waals surface area contributed by atoms with Gasteiger partial charge in [-0.1, -0.05) is 41.1 Å². The molecule has 0 aliphatic carbocycles. The Morgan fingerprint density at radius 1 is 1.19 bits per heavy atom. The third-order valence-corrected chi connectivity index (χ3v) is 7.34. The van der Waals surface area contributed by atoms with Crippen molar-refractivity contribution in [1.82, 2.24) is 14.8 Å². The Bertz CT molecular complexity index is 1280. The molecule has 0 spiro atoms. The summed E-state index contributed by atoms with van der Waals surface area (Å²) in [6.07, 6.45) is 1.83. The molecule has 0 saturated carbocycles. The molecule has 2 aromatic carbocycles. The summed E-state index contributed by atoms with van der Waals surface area (Å²) in [5, 5.41) is 9.39. The molecule has 1 atom stereocenters. The van der Waals surface area contributed by atoms with Gasteiger partial charge in [0, 0.05) is 23.8 Å². The van der Waals surface area contributed by atoms with Crippen LogP contribution >= 0.6 is 22.9 Å². The van der Waals surface area contributed by atoms with Gasteiger partial charge in [0.25, 0.3) is 0 Å². The minimum atomic E-state index is -0.0856. The van der Waals surface area contributed by atoms with Crippen LogP contribution in [0.3, 0.4) is 0 Å². The van der Waals surface area contributed by atoms with E-state index in [0.717, 1.165) is 57.5 Å². The number of benzene rings is 2. The highest BCUT2D eigenvalue weighted by atomic mass is 35.5. The van der Waals surface area contributed by atoms with Crippen molar-refractivity contribution in [2.75, 3.05) is 23.3 Å². The minimum absolute atomic E-state index is 0.0490. The molecule has 1 aliphatic rings. The summed E-state index contributed by atoms with van der Waals surface area (Å²) in [5.74, 6) is -0.0366. The van der Waals surface area contributed by atoms with Crippen molar-refractivity contribution >= 4 is 50.0 Å². The number of rotatable bonds is 4. The average Bonchev–Trinajstić information content (AvgIpc) is 3.37. The molecule has 1 aliphatic heterocycles. The van der Waals surface area contributed by atoms with Gasteiger partial charge in [0.1, 0.15) is 0 Å². The molecule has 5 rings (SSSR count). The predicted octanol–water partition coefficient (Wildman–Crippen LogP) is 5.61. The van der Waals surface area contributed by atoms with Crippen LogP contribution in [0.25, 0.3) is 16.0 Å². The van der Waals surface area contributed by atoms with Crippen molar-refractivity contribution in [2.24, 2.45) is 5.92 Å². The number of piperidine rings is 1.